The summed E-state index contributed by atoms with van der Waals surface area (Å²) in [7, 11) is 0. The highest BCUT2D eigenvalue weighted by molar-refractivity contribution is 5.29. The largest absolute Gasteiger partial charge is 0.0859 e. The lowest BCUT2D eigenvalue weighted by Crippen LogP contribution is -2.31. The number of rotatable bonds is 4. The first kappa shape index (κ1) is 15.6. The van der Waals surface area contributed by atoms with Gasteiger partial charge in [-0.05, 0) is 76.5 Å². The monoisotopic (exact) mass is 272 g/mol. The fourth-order valence-electron chi connectivity index (χ4n) is 4.18. The summed E-state index contributed by atoms with van der Waals surface area (Å²) in [5, 5.41) is 0. The zero-order valence-electron chi connectivity index (χ0n) is 14.1. The molecule has 0 aromatic carbocycles. The van der Waals surface area contributed by atoms with Gasteiger partial charge in [-0.1, -0.05) is 48.8 Å². The summed E-state index contributed by atoms with van der Waals surface area (Å²) in [6.45, 7) is 11.6. The van der Waals surface area contributed by atoms with Crippen LogP contribution in [0.5, 0.6) is 0 Å². The molecule has 0 aromatic rings. The first-order valence-corrected chi connectivity index (χ1v) is 8.45. The highest BCUT2D eigenvalue weighted by Gasteiger charge is 2.44. The molecule has 0 heteroatoms. The zero-order chi connectivity index (χ0) is 14.8. The molecule has 0 fully saturated rings. The lowest BCUT2D eigenvalue weighted by Gasteiger charge is -2.41. The SMILES string of the molecule is CC(C)=CCCC(C)C1=CC[C@H](C)[C@]12CC=C(C)CC2. The van der Waals surface area contributed by atoms with Crippen molar-refractivity contribution >= 4 is 0 Å². The Balaban J connectivity index is 2.08. The van der Waals surface area contributed by atoms with Crippen molar-refractivity contribution in [1.82, 2.24) is 0 Å². The van der Waals surface area contributed by atoms with Crippen LogP contribution in [0.15, 0.2) is 34.9 Å². The van der Waals surface area contributed by atoms with Gasteiger partial charge in [0.2, 0.25) is 0 Å². The maximum Gasteiger partial charge on any atom is -0.00193 e. The second-order valence-corrected chi connectivity index (χ2v) is 7.47. The lowest BCUT2D eigenvalue weighted by atomic mass is 9.63. The van der Waals surface area contributed by atoms with Gasteiger partial charge in [0.05, 0.1) is 0 Å². The summed E-state index contributed by atoms with van der Waals surface area (Å²) in [5.74, 6) is 1.59. The molecule has 0 bridgehead atoms. The molecule has 1 spiro atoms. The maximum absolute atomic E-state index is 2.59. The van der Waals surface area contributed by atoms with Gasteiger partial charge in [-0.25, -0.2) is 0 Å². The van der Waals surface area contributed by atoms with Gasteiger partial charge in [0.15, 0.2) is 0 Å². The van der Waals surface area contributed by atoms with Crippen molar-refractivity contribution in [2.45, 2.75) is 73.1 Å². The third kappa shape index (κ3) is 3.10. The normalized spacial score (nSPS) is 30.9. The van der Waals surface area contributed by atoms with Crippen LogP contribution in [0, 0.1) is 17.3 Å². The molecule has 20 heavy (non-hydrogen) atoms. The van der Waals surface area contributed by atoms with Crippen LogP contribution in [0.1, 0.15) is 73.1 Å². The summed E-state index contributed by atoms with van der Waals surface area (Å²) < 4.78 is 0. The molecule has 0 radical (unpaired) electrons. The minimum Gasteiger partial charge on any atom is -0.0859 e. The van der Waals surface area contributed by atoms with E-state index in [9.17, 15) is 0 Å². The van der Waals surface area contributed by atoms with E-state index in [1.807, 2.05) is 0 Å². The molecule has 0 aromatic heterocycles. The van der Waals surface area contributed by atoms with E-state index in [-0.39, 0.29) is 0 Å². The van der Waals surface area contributed by atoms with Crippen molar-refractivity contribution in [3.63, 3.8) is 0 Å². The smallest absolute Gasteiger partial charge is 0.00193 e. The van der Waals surface area contributed by atoms with Crippen LogP contribution in [0.3, 0.4) is 0 Å². The number of allylic oxidation sites excluding steroid dienone is 6. The quantitative estimate of drug-likeness (QED) is 0.516. The summed E-state index contributed by atoms with van der Waals surface area (Å²) in [5.41, 5.74) is 5.35. The molecule has 1 unspecified atom stereocenters. The van der Waals surface area contributed by atoms with Crippen molar-refractivity contribution in [3.05, 3.63) is 34.9 Å². The van der Waals surface area contributed by atoms with Crippen molar-refractivity contribution in [2.75, 3.05) is 0 Å². The second kappa shape index (κ2) is 6.33. The Labute approximate surface area is 126 Å². The number of hydrogen-bond acceptors (Lipinski definition) is 0. The summed E-state index contributed by atoms with van der Waals surface area (Å²) in [6.07, 6.45) is 15.3. The van der Waals surface area contributed by atoms with Crippen LogP contribution in [0.2, 0.25) is 0 Å². The van der Waals surface area contributed by atoms with Crippen molar-refractivity contribution in [2.24, 2.45) is 17.3 Å². The van der Waals surface area contributed by atoms with Crippen LogP contribution in [-0.4, -0.2) is 0 Å². The van der Waals surface area contributed by atoms with E-state index < -0.39 is 0 Å². The Hall–Kier alpha value is -0.780. The third-order valence-electron chi connectivity index (χ3n) is 5.67. The molecule has 112 valence electrons. The summed E-state index contributed by atoms with van der Waals surface area (Å²) >= 11 is 0. The van der Waals surface area contributed by atoms with E-state index in [1.54, 1.807) is 11.1 Å². The Bertz CT molecular complexity index is 431. The standard InChI is InChI=1S/C20H32/c1-15(2)7-6-8-17(4)19-10-9-18(5)20(19)13-11-16(3)12-14-20/h7,10-11,17-18H,6,8-9,12-14H2,1-5H3/t17?,18-,20+/m0/s1. The van der Waals surface area contributed by atoms with Gasteiger partial charge in [-0.15, -0.1) is 0 Å². The van der Waals surface area contributed by atoms with Crippen LogP contribution in [0.4, 0.5) is 0 Å². The second-order valence-electron chi connectivity index (χ2n) is 7.47. The minimum absolute atomic E-state index is 0.504. The van der Waals surface area contributed by atoms with Gasteiger partial charge in [-0.3, -0.25) is 0 Å². The van der Waals surface area contributed by atoms with Gasteiger partial charge in [0.1, 0.15) is 0 Å². The van der Waals surface area contributed by atoms with Crippen molar-refractivity contribution in [1.29, 1.82) is 0 Å². The molecular formula is C20H32. The highest BCUT2D eigenvalue weighted by atomic mass is 14.5. The van der Waals surface area contributed by atoms with Gasteiger partial charge < -0.3 is 0 Å². The van der Waals surface area contributed by atoms with E-state index in [4.69, 9.17) is 0 Å². The summed E-state index contributed by atoms with van der Waals surface area (Å²) in [6, 6.07) is 0. The molecule has 0 aliphatic heterocycles. The topological polar surface area (TPSA) is 0 Å². The third-order valence-corrected chi connectivity index (χ3v) is 5.67. The Morgan fingerprint density at radius 1 is 1.40 bits per heavy atom. The van der Waals surface area contributed by atoms with Gasteiger partial charge in [0, 0.05) is 0 Å². The molecule has 0 saturated heterocycles. The lowest BCUT2D eigenvalue weighted by molar-refractivity contribution is 0.206. The van der Waals surface area contributed by atoms with Gasteiger partial charge >= 0.3 is 0 Å². The fourth-order valence-corrected chi connectivity index (χ4v) is 4.18. The van der Waals surface area contributed by atoms with E-state index in [1.165, 1.54) is 44.1 Å². The average molecular weight is 272 g/mol. The molecule has 0 amide bonds. The van der Waals surface area contributed by atoms with E-state index in [2.05, 4.69) is 52.8 Å². The summed E-state index contributed by atoms with van der Waals surface area (Å²) in [4.78, 5) is 0. The Kier molecular flexibility index (Phi) is 4.94. The average Bonchev–Trinajstić information content (AvgIpc) is 2.70. The van der Waals surface area contributed by atoms with Crippen LogP contribution in [-0.2, 0) is 0 Å². The number of hydrogen-bond donors (Lipinski definition) is 0. The minimum atomic E-state index is 0.504. The van der Waals surface area contributed by atoms with Crippen LogP contribution < -0.4 is 0 Å². The van der Waals surface area contributed by atoms with Crippen molar-refractivity contribution < 1.29 is 0 Å². The molecule has 2 aliphatic rings. The van der Waals surface area contributed by atoms with E-state index >= 15 is 0 Å². The predicted octanol–water partition coefficient (Wildman–Crippen LogP) is 6.45. The fraction of sp³-hybridized carbons (Fsp3) is 0.700. The van der Waals surface area contributed by atoms with E-state index in [0.717, 1.165) is 11.8 Å². The first-order valence-electron chi connectivity index (χ1n) is 8.45. The first-order chi connectivity index (χ1) is 9.45. The molecule has 2 rings (SSSR count). The van der Waals surface area contributed by atoms with E-state index in [0.29, 0.717) is 5.41 Å². The van der Waals surface area contributed by atoms with Crippen LogP contribution in [0.25, 0.3) is 0 Å². The molecule has 0 heterocycles. The molecule has 2 aliphatic carbocycles. The molecule has 0 N–H and O–H groups in total. The molecule has 0 saturated carbocycles. The Morgan fingerprint density at radius 2 is 2.15 bits per heavy atom. The van der Waals surface area contributed by atoms with Crippen LogP contribution >= 0.6 is 0 Å². The van der Waals surface area contributed by atoms with Crippen molar-refractivity contribution in [3.8, 4) is 0 Å². The maximum atomic E-state index is 2.59. The molecule has 0 nitrogen and oxygen atoms in total. The van der Waals surface area contributed by atoms with Gasteiger partial charge in [-0.2, -0.15) is 0 Å². The molecule has 3 atom stereocenters. The molecular weight excluding hydrogens is 240 g/mol. The highest BCUT2D eigenvalue weighted by Crippen LogP contribution is 2.55. The van der Waals surface area contributed by atoms with Gasteiger partial charge in [0.25, 0.3) is 0 Å². The Morgan fingerprint density at radius 3 is 2.75 bits per heavy atom. The zero-order valence-corrected chi connectivity index (χ0v) is 14.1. The predicted molar refractivity (Wildman–Crippen MR) is 89.7 cm³/mol.